The van der Waals surface area contributed by atoms with Crippen molar-refractivity contribution in [3.8, 4) is 34.5 Å². The predicted octanol–water partition coefficient (Wildman–Crippen LogP) is 2.89. The van der Waals surface area contributed by atoms with E-state index >= 15 is 0 Å². The maximum Gasteiger partial charge on any atom is 0.208 e. The first-order chi connectivity index (χ1) is 9.77. The molecule has 21 heavy (non-hydrogen) atoms. The van der Waals surface area contributed by atoms with Gasteiger partial charge in [0, 0.05) is 5.56 Å². The highest BCUT2D eigenvalue weighted by Crippen LogP contribution is 2.55. The maximum atomic E-state index is 10.1. The van der Waals surface area contributed by atoms with Crippen LogP contribution in [0.1, 0.15) is 5.56 Å². The fourth-order valence-electron chi connectivity index (χ4n) is 2.23. The van der Waals surface area contributed by atoms with Gasteiger partial charge in [-0.3, -0.25) is 0 Å². The second kappa shape index (κ2) is 4.01. The van der Waals surface area contributed by atoms with Crippen LogP contribution in [-0.4, -0.2) is 30.6 Å². The van der Waals surface area contributed by atoms with E-state index in [4.69, 9.17) is 4.42 Å². The highest BCUT2D eigenvalue weighted by atomic mass is 79.9. The number of furan rings is 1. The summed E-state index contributed by atoms with van der Waals surface area (Å²) in [7, 11) is 0. The molecule has 110 valence electrons. The molecule has 3 aromatic rings. The van der Waals surface area contributed by atoms with Crippen LogP contribution in [0.25, 0.3) is 21.9 Å². The van der Waals surface area contributed by atoms with Gasteiger partial charge in [0.15, 0.2) is 16.9 Å². The SMILES string of the molecule is Cc1c(O)c(Br)c2oc3c(O)c(O)c(O)c(O)c3c2c1O. The third-order valence-electron chi connectivity index (χ3n) is 3.39. The van der Waals surface area contributed by atoms with E-state index < -0.39 is 23.0 Å². The minimum Gasteiger partial charge on any atom is -0.507 e. The molecule has 0 atom stereocenters. The van der Waals surface area contributed by atoms with Gasteiger partial charge in [-0.1, -0.05) is 0 Å². The van der Waals surface area contributed by atoms with Gasteiger partial charge in [0.25, 0.3) is 0 Å². The Morgan fingerprint density at radius 3 is 1.81 bits per heavy atom. The first-order valence-corrected chi connectivity index (χ1v) is 6.48. The minimum absolute atomic E-state index is 0.0183. The molecule has 2 aromatic carbocycles. The molecule has 0 bridgehead atoms. The molecule has 1 heterocycles. The van der Waals surface area contributed by atoms with Gasteiger partial charge in [-0.25, -0.2) is 0 Å². The van der Waals surface area contributed by atoms with Crippen LogP contribution in [0.3, 0.4) is 0 Å². The molecule has 0 radical (unpaired) electrons. The molecule has 0 fully saturated rings. The zero-order chi connectivity index (χ0) is 15.6. The Balaban J connectivity index is 2.73. The Bertz CT molecular complexity index is 852. The maximum absolute atomic E-state index is 10.1. The second-order valence-corrected chi connectivity index (χ2v) is 5.33. The van der Waals surface area contributed by atoms with Crippen LogP contribution in [0.15, 0.2) is 8.89 Å². The lowest BCUT2D eigenvalue weighted by Gasteiger charge is -2.07. The van der Waals surface area contributed by atoms with Crippen LogP contribution in [0.2, 0.25) is 0 Å². The van der Waals surface area contributed by atoms with Crippen molar-refractivity contribution in [3.63, 3.8) is 0 Å². The first-order valence-electron chi connectivity index (χ1n) is 5.69. The molecule has 0 saturated heterocycles. The number of benzene rings is 2. The Kier molecular flexibility index (Phi) is 2.58. The standard InChI is InChI=1S/C13H9BrO7/c1-2-6(15)3-4-8(17)9(18)10(19)11(20)13(4)21-12(3)5(14)7(2)16/h15-20H,1H3. The third kappa shape index (κ3) is 1.47. The summed E-state index contributed by atoms with van der Waals surface area (Å²) in [5, 5.41) is 58.7. The summed E-state index contributed by atoms with van der Waals surface area (Å²) in [6, 6.07) is 0. The quantitative estimate of drug-likeness (QED) is 0.269. The lowest BCUT2D eigenvalue weighted by atomic mass is 10.1. The number of rotatable bonds is 0. The van der Waals surface area contributed by atoms with E-state index in [1.807, 2.05) is 0 Å². The van der Waals surface area contributed by atoms with E-state index in [-0.39, 0.29) is 43.5 Å². The number of phenols is 6. The summed E-state index contributed by atoms with van der Waals surface area (Å²) in [6.07, 6.45) is 0. The third-order valence-corrected chi connectivity index (χ3v) is 4.12. The Labute approximate surface area is 125 Å². The Hall–Kier alpha value is -2.48. The fraction of sp³-hybridized carbons (Fsp3) is 0.0769. The number of fused-ring (bicyclic) bond motifs is 3. The number of hydrogen-bond donors (Lipinski definition) is 6. The molecule has 3 rings (SSSR count). The van der Waals surface area contributed by atoms with Gasteiger partial charge in [0.1, 0.15) is 16.0 Å². The highest BCUT2D eigenvalue weighted by molar-refractivity contribution is 9.10. The van der Waals surface area contributed by atoms with Crippen molar-refractivity contribution in [1.82, 2.24) is 0 Å². The highest BCUT2D eigenvalue weighted by Gasteiger charge is 2.28. The van der Waals surface area contributed by atoms with Crippen molar-refractivity contribution < 1.29 is 35.1 Å². The monoisotopic (exact) mass is 356 g/mol. The zero-order valence-corrected chi connectivity index (χ0v) is 12.1. The summed E-state index contributed by atoms with van der Waals surface area (Å²) < 4.78 is 5.40. The van der Waals surface area contributed by atoms with E-state index in [2.05, 4.69) is 15.9 Å². The van der Waals surface area contributed by atoms with Gasteiger partial charge in [0.05, 0.1) is 10.8 Å². The zero-order valence-electron chi connectivity index (χ0n) is 10.5. The summed E-state index contributed by atoms with van der Waals surface area (Å²) >= 11 is 3.09. The van der Waals surface area contributed by atoms with Gasteiger partial charge in [-0.2, -0.15) is 0 Å². The normalized spacial score (nSPS) is 11.5. The molecule has 0 saturated carbocycles. The van der Waals surface area contributed by atoms with Crippen molar-refractivity contribution in [3.05, 3.63) is 10.0 Å². The van der Waals surface area contributed by atoms with Crippen LogP contribution < -0.4 is 0 Å². The van der Waals surface area contributed by atoms with Crippen molar-refractivity contribution in [2.45, 2.75) is 6.92 Å². The molecule has 8 heteroatoms. The molecule has 0 aliphatic rings. The molecule has 0 unspecified atom stereocenters. The predicted molar refractivity (Wildman–Crippen MR) is 76.1 cm³/mol. The van der Waals surface area contributed by atoms with Crippen molar-refractivity contribution in [2.75, 3.05) is 0 Å². The molecule has 0 spiro atoms. The topological polar surface area (TPSA) is 135 Å². The summed E-state index contributed by atoms with van der Waals surface area (Å²) in [4.78, 5) is 0. The number of aromatic hydroxyl groups is 6. The van der Waals surface area contributed by atoms with Crippen LogP contribution in [0.5, 0.6) is 34.5 Å². The molecular weight excluding hydrogens is 348 g/mol. The average Bonchev–Trinajstić information content (AvgIpc) is 2.87. The minimum atomic E-state index is -0.949. The van der Waals surface area contributed by atoms with Gasteiger partial charge >= 0.3 is 0 Å². The smallest absolute Gasteiger partial charge is 0.208 e. The molecule has 7 nitrogen and oxygen atoms in total. The second-order valence-electron chi connectivity index (χ2n) is 4.54. The number of hydrogen-bond acceptors (Lipinski definition) is 7. The largest absolute Gasteiger partial charge is 0.507 e. The van der Waals surface area contributed by atoms with E-state index in [0.29, 0.717) is 0 Å². The summed E-state index contributed by atoms with van der Waals surface area (Å²) in [6.45, 7) is 1.44. The summed E-state index contributed by atoms with van der Waals surface area (Å²) in [5.74, 6) is -4.10. The molecular formula is C13H9BrO7. The van der Waals surface area contributed by atoms with Gasteiger partial charge in [-0.15, -0.1) is 0 Å². The lowest BCUT2D eigenvalue weighted by molar-refractivity contribution is 0.348. The van der Waals surface area contributed by atoms with E-state index in [0.717, 1.165) is 0 Å². The average molecular weight is 357 g/mol. The van der Waals surface area contributed by atoms with E-state index in [1.165, 1.54) is 6.92 Å². The molecule has 1 aromatic heterocycles. The lowest BCUT2D eigenvalue weighted by Crippen LogP contribution is -1.81. The number of halogens is 1. The number of phenolic OH excluding ortho intramolecular Hbond substituents is 6. The van der Waals surface area contributed by atoms with Crippen LogP contribution in [0, 0.1) is 6.92 Å². The molecule has 0 aliphatic carbocycles. The molecule has 0 amide bonds. The van der Waals surface area contributed by atoms with Gasteiger partial charge in [0.2, 0.25) is 17.2 Å². The summed E-state index contributed by atoms with van der Waals surface area (Å²) in [5.41, 5.74) is -0.275. The van der Waals surface area contributed by atoms with Crippen molar-refractivity contribution in [2.24, 2.45) is 0 Å². The van der Waals surface area contributed by atoms with E-state index in [9.17, 15) is 30.6 Å². The van der Waals surface area contributed by atoms with Crippen molar-refractivity contribution in [1.29, 1.82) is 0 Å². The molecule has 0 aliphatic heterocycles. The van der Waals surface area contributed by atoms with Gasteiger partial charge in [-0.05, 0) is 22.9 Å². The first kappa shape index (κ1) is 13.5. The van der Waals surface area contributed by atoms with Crippen LogP contribution in [0.4, 0.5) is 0 Å². The van der Waals surface area contributed by atoms with E-state index in [1.54, 1.807) is 0 Å². The van der Waals surface area contributed by atoms with Crippen LogP contribution >= 0.6 is 15.9 Å². The Morgan fingerprint density at radius 1 is 0.667 bits per heavy atom. The van der Waals surface area contributed by atoms with Crippen LogP contribution in [-0.2, 0) is 0 Å². The van der Waals surface area contributed by atoms with Crippen molar-refractivity contribution >= 4 is 37.9 Å². The molecule has 6 N–H and O–H groups in total. The fourth-order valence-corrected chi connectivity index (χ4v) is 2.80. The Morgan fingerprint density at radius 2 is 1.19 bits per heavy atom. The van der Waals surface area contributed by atoms with Gasteiger partial charge < -0.3 is 35.1 Å².